The molecule has 0 saturated heterocycles. The van der Waals surface area contributed by atoms with Crippen molar-refractivity contribution in [1.29, 1.82) is 0 Å². The molecule has 0 bridgehead atoms. The zero-order valence-corrected chi connectivity index (χ0v) is 9.40. The Labute approximate surface area is 98.7 Å². The van der Waals surface area contributed by atoms with E-state index in [1.54, 1.807) is 12.4 Å². The second-order valence-corrected chi connectivity index (χ2v) is 4.14. The van der Waals surface area contributed by atoms with Crippen molar-refractivity contribution in [3.63, 3.8) is 0 Å². The van der Waals surface area contributed by atoms with Crippen LogP contribution in [0.15, 0.2) is 30.6 Å². The van der Waals surface area contributed by atoms with Gasteiger partial charge in [0, 0.05) is 23.6 Å². The number of rotatable bonds is 1. The molecule has 2 heterocycles. The van der Waals surface area contributed by atoms with Gasteiger partial charge in [0.1, 0.15) is 0 Å². The molecule has 3 rings (SSSR count). The number of fused-ring (bicyclic) bond motifs is 1. The van der Waals surface area contributed by atoms with Crippen LogP contribution < -0.4 is 5.32 Å². The summed E-state index contributed by atoms with van der Waals surface area (Å²) in [5.41, 5.74) is 3.81. The van der Waals surface area contributed by atoms with E-state index in [4.69, 9.17) is 0 Å². The summed E-state index contributed by atoms with van der Waals surface area (Å²) in [6, 6.07) is 5.75. The van der Waals surface area contributed by atoms with Gasteiger partial charge in [0.25, 0.3) is 0 Å². The Bertz CT molecular complexity index is 590. The van der Waals surface area contributed by atoms with Crippen LogP contribution in [-0.2, 0) is 11.2 Å². The van der Waals surface area contributed by atoms with Crippen LogP contribution in [0.4, 0.5) is 5.69 Å². The van der Waals surface area contributed by atoms with E-state index in [0.717, 1.165) is 22.4 Å². The van der Waals surface area contributed by atoms with E-state index in [0.29, 0.717) is 12.2 Å². The van der Waals surface area contributed by atoms with Crippen molar-refractivity contribution in [2.24, 2.45) is 0 Å². The summed E-state index contributed by atoms with van der Waals surface area (Å²) >= 11 is 0. The molecule has 1 aromatic heterocycles. The van der Waals surface area contributed by atoms with Gasteiger partial charge in [-0.3, -0.25) is 4.79 Å². The number of carbonyl (C=O) groups excluding carboxylic acids is 1. The molecular weight excluding hydrogens is 214 g/mol. The van der Waals surface area contributed by atoms with Crippen molar-refractivity contribution in [3.8, 4) is 11.4 Å². The molecule has 17 heavy (non-hydrogen) atoms. The van der Waals surface area contributed by atoms with Crippen molar-refractivity contribution < 1.29 is 4.79 Å². The summed E-state index contributed by atoms with van der Waals surface area (Å²) < 4.78 is 0. The number of nitrogens with zero attached hydrogens (tertiary/aromatic N) is 2. The first-order valence-electron chi connectivity index (χ1n) is 5.45. The fourth-order valence-electron chi connectivity index (χ4n) is 1.99. The number of benzene rings is 1. The predicted molar refractivity (Wildman–Crippen MR) is 64.5 cm³/mol. The standard InChI is InChI=1S/C13H11N3O/c1-8-6-14-13(15-7-8)9-3-2-4-11-10(9)5-12(17)16-11/h2-4,6-7H,5H2,1H3,(H,16,17). The van der Waals surface area contributed by atoms with Crippen LogP contribution in [0.3, 0.4) is 0 Å². The number of aryl methyl sites for hydroxylation is 1. The number of amides is 1. The Morgan fingerprint density at radius 3 is 2.76 bits per heavy atom. The zero-order chi connectivity index (χ0) is 11.8. The average molecular weight is 225 g/mol. The molecule has 1 aliphatic heterocycles. The Kier molecular flexibility index (Phi) is 2.14. The van der Waals surface area contributed by atoms with Gasteiger partial charge < -0.3 is 5.32 Å². The van der Waals surface area contributed by atoms with E-state index in [2.05, 4.69) is 15.3 Å². The lowest BCUT2D eigenvalue weighted by atomic mass is 10.0. The van der Waals surface area contributed by atoms with Gasteiger partial charge in [0.15, 0.2) is 5.82 Å². The molecule has 0 spiro atoms. The van der Waals surface area contributed by atoms with Crippen LogP contribution in [0.2, 0.25) is 0 Å². The SMILES string of the molecule is Cc1cnc(-c2cccc3c2CC(=O)N3)nc1. The van der Waals surface area contributed by atoms with Gasteiger partial charge in [-0.15, -0.1) is 0 Å². The van der Waals surface area contributed by atoms with Gasteiger partial charge in [-0.05, 0) is 24.1 Å². The number of hydrogen-bond donors (Lipinski definition) is 1. The van der Waals surface area contributed by atoms with Crippen LogP contribution >= 0.6 is 0 Å². The highest BCUT2D eigenvalue weighted by atomic mass is 16.1. The minimum Gasteiger partial charge on any atom is -0.326 e. The molecule has 1 N–H and O–H groups in total. The van der Waals surface area contributed by atoms with E-state index < -0.39 is 0 Å². The van der Waals surface area contributed by atoms with Crippen LogP contribution in [0.1, 0.15) is 11.1 Å². The van der Waals surface area contributed by atoms with Crippen LogP contribution in [-0.4, -0.2) is 15.9 Å². The summed E-state index contributed by atoms with van der Waals surface area (Å²) in [6.07, 6.45) is 3.97. The third-order valence-electron chi connectivity index (χ3n) is 2.81. The maximum absolute atomic E-state index is 11.4. The monoisotopic (exact) mass is 225 g/mol. The number of anilines is 1. The predicted octanol–water partition coefficient (Wildman–Crippen LogP) is 1.95. The second-order valence-electron chi connectivity index (χ2n) is 4.14. The van der Waals surface area contributed by atoms with Gasteiger partial charge >= 0.3 is 0 Å². The highest BCUT2D eigenvalue weighted by molar-refractivity contribution is 6.01. The quantitative estimate of drug-likeness (QED) is 0.807. The third kappa shape index (κ3) is 1.67. The van der Waals surface area contributed by atoms with Crippen LogP contribution in [0, 0.1) is 6.92 Å². The average Bonchev–Trinajstić information content (AvgIpc) is 2.70. The minimum atomic E-state index is 0.0274. The van der Waals surface area contributed by atoms with Crippen LogP contribution in [0.25, 0.3) is 11.4 Å². The summed E-state index contributed by atoms with van der Waals surface area (Å²) in [5, 5.41) is 2.82. The fraction of sp³-hybridized carbons (Fsp3) is 0.154. The molecule has 0 saturated carbocycles. The smallest absolute Gasteiger partial charge is 0.228 e. The van der Waals surface area contributed by atoms with Gasteiger partial charge in [0.2, 0.25) is 5.91 Å². The highest BCUT2D eigenvalue weighted by Gasteiger charge is 2.21. The number of carbonyl (C=O) groups is 1. The molecule has 0 unspecified atom stereocenters. The van der Waals surface area contributed by atoms with E-state index >= 15 is 0 Å². The van der Waals surface area contributed by atoms with Gasteiger partial charge in [0.05, 0.1) is 6.42 Å². The Morgan fingerprint density at radius 2 is 2.00 bits per heavy atom. The lowest BCUT2D eigenvalue weighted by Gasteiger charge is -2.05. The van der Waals surface area contributed by atoms with Gasteiger partial charge in [-0.25, -0.2) is 9.97 Å². The molecule has 0 radical (unpaired) electrons. The topological polar surface area (TPSA) is 54.9 Å². The van der Waals surface area contributed by atoms with E-state index in [9.17, 15) is 4.79 Å². The minimum absolute atomic E-state index is 0.0274. The summed E-state index contributed by atoms with van der Waals surface area (Å²) in [7, 11) is 0. The highest BCUT2D eigenvalue weighted by Crippen LogP contribution is 2.31. The Balaban J connectivity index is 2.13. The largest absolute Gasteiger partial charge is 0.326 e. The molecule has 4 nitrogen and oxygen atoms in total. The molecule has 1 amide bonds. The summed E-state index contributed by atoms with van der Waals surface area (Å²) in [4.78, 5) is 20.0. The molecule has 2 aromatic rings. The Morgan fingerprint density at radius 1 is 1.24 bits per heavy atom. The molecule has 84 valence electrons. The third-order valence-corrected chi connectivity index (χ3v) is 2.81. The van der Waals surface area contributed by atoms with Crippen molar-refractivity contribution in [1.82, 2.24) is 9.97 Å². The van der Waals surface area contributed by atoms with Gasteiger partial charge in [-0.2, -0.15) is 0 Å². The molecule has 4 heteroatoms. The molecule has 0 aliphatic carbocycles. The molecule has 0 fully saturated rings. The number of nitrogens with one attached hydrogen (secondary N) is 1. The van der Waals surface area contributed by atoms with E-state index in [-0.39, 0.29) is 5.91 Å². The van der Waals surface area contributed by atoms with E-state index in [1.165, 1.54) is 0 Å². The van der Waals surface area contributed by atoms with Crippen molar-refractivity contribution in [3.05, 3.63) is 41.7 Å². The first kappa shape index (κ1) is 9.96. The van der Waals surface area contributed by atoms with Gasteiger partial charge in [-0.1, -0.05) is 12.1 Å². The number of hydrogen-bond acceptors (Lipinski definition) is 3. The normalized spacial score (nSPS) is 13.4. The number of aromatic nitrogens is 2. The fourth-order valence-corrected chi connectivity index (χ4v) is 1.99. The first-order valence-corrected chi connectivity index (χ1v) is 5.45. The van der Waals surface area contributed by atoms with Crippen LogP contribution in [0.5, 0.6) is 0 Å². The maximum atomic E-state index is 11.4. The summed E-state index contributed by atoms with van der Waals surface area (Å²) in [5.74, 6) is 0.698. The lowest BCUT2D eigenvalue weighted by Crippen LogP contribution is -2.03. The molecular formula is C13H11N3O. The Hall–Kier alpha value is -2.23. The zero-order valence-electron chi connectivity index (χ0n) is 9.40. The molecule has 1 aromatic carbocycles. The van der Waals surface area contributed by atoms with Crippen molar-refractivity contribution >= 4 is 11.6 Å². The van der Waals surface area contributed by atoms with E-state index in [1.807, 2.05) is 25.1 Å². The summed E-state index contributed by atoms with van der Waals surface area (Å²) in [6.45, 7) is 1.95. The van der Waals surface area contributed by atoms with Crippen molar-refractivity contribution in [2.75, 3.05) is 5.32 Å². The lowest BCUT2D eigenvalue weighted by molar-refractivity contribution is -0.115. The first-order chi connectivity index (χ1) is 8.24. The molecule has 1 aliphatic rings. The second kappa shape index (κ2) is 3.66. The maximum Gasteiger partial charge on any atom is 0.228 e. The molecule has 0 atom stereocenters. The van der Waals surface area contributed by atoms with Crippen molar-refractivity contribution in [2.45, 2.75) is 13.3 Å².